The number of nitrogens with zero attached hydrogens (tertiary/aromatic N) is 2. The number of hydrogen-bond acceptors (Lipinski definition) is 5. The highest BCUT2D eigenvalue weighted by molar-refractivity contribution is 5.99. The molecule has 1 amide bonds. The molecule has 10 heteroatoms. The fraction of sp³-hybridized carbons (Fsp3) is 0.538. The zero-order valence-corrected chi connectivity index (χ0v) is 20.8. The van der Waals surface area contributed by atoms with Crippen LogP contribution in [-0.2, 0) is 10.9 Å². The Morgan fingerprint density at radius 2 is 1.92 bits per heavy atom. The van der Waals surface area contributed by atoms with E-state index in [0.717, 1.165) is 25.6 Å². The lowest BCUT2D eigenvalue weighted by atomic mass is 9.97. The van der Waals surface area contributed by atoms with Crippen LogP contribution < -0.4 is 16.2 Å². The maximum atomic E-state index is 13.5. The molecule has 2 fully saturated rings. The van der Waals surface area contributed by atoms with Crippen LogP contribution in [0.5, 0.6) is 0 Å². The average molecular weight is 507 g/mol. The van der Waals surface area contributed by atoms with Crippen molar-refractivity contribution in [2.45, 2.75) is 57.4 Å². The van der Waals surface area contributed by atoms with Crippen LogP contribution in [0.25, 0.3) is 0 Å². The fourth-order valence-electron chi connectivity index (χ4n) is 5.15. The number of amides is 1. The molecule has 0 radical (unpaired) electrons. The number of aromatic nitrogens is 1. The third-order valence-electron chi connectivity index (χ3n) is 7.16. The van der Waals surface area contributed by atoms with Crippen molar-refractivity contribution in [2.24, 2.45) is 0 Å². The highest BCUT2D eigenvalue weighted by Gasteiger charge is 2.33. The normalized spacial score (nSPS) is 20.3. The van der Waals surface area contributed by atoms with Crippen LogP contribution >= 0.6 is 0 Å². The van der Waals surface area contributed by atoms with Gasteiger partial charge >= 0.3 is 6.18 Å². The minimum absolute atomic E-state index is 0.0763. The maximum absolute atomic E-state index is 13.5. The van der Waals surface area contributed by atoms with Crippen LogP contribution in [-0.4, -0.2) is 54.8 Å². The molecule has 1 unspecified atom stereocenters. The molecule has 196 valence electrons. The molecule has 1 aromatic carbocycles. The molecule has 0 saturated carbocycles. The zero-order chi connectivity index (χ0) is 26.0. The number of hydrogen-bond donors (Lipinski definition) is 2. The van der Waals surface area contributed by atoms with Gasteiger partial charge in [-0.15, -0.1) is 0 Å². The van der Waals surface area contributed by atoms with Gasteiger partial charge in [-0.3, -0.25) is 9.59 Å². The van der Waals surface area contributed by atoms with Crippen molar-refractivity contribution in [1.29, 1.82) is 0 Å². The van der Waals surface area contributed by atoms with E-state index < -0.39 is 23.7 Å². The summed E-state index contributed by atoms with van der Waals surface area (Å²) in [5, 5.41) is 6.21. The van der Waals surface area contributed by atoms with Crippen LogP contribution in [0.4, 0.5) is 18.9 Å². The van der Waals surface area contributed by atoms with Crippen molar-refractivity contribution in [3.05, 3.63) is 63.1 Å². The van der Waals surface area contributed by atoms with Gasteiger partial charge in [0.2, 0.25) is 0 Å². The van der Waals surface area contributed by atoms with Crippen molar-refractivity contribution in [3.63, 3.8) is 0 Å². The van der Waals surface area contributed by atoms with Gasteiger partial charge < -0.3 is 24.8 Å². The molecule has 2 aliphatic rings. The first kappa shape index (κ1) is 26.2. The van der Waals surface area contributed by atoms with Gasteiger partial charge in [0.25, 0.3) is 11.5 Å². The smallest absolute Gasteiger partial charge is 0.381 e. The molecule has 2 aliphatic heterocycles. The van der Waals surface area contributed by atoms with E-state index in [1.54, 1.807) is 23.8 Å². The average Bonchev–Trinajstić information content (AvgIpc) is 3.23. The topological polar surface area (TPSA) is 75.6 Å². The second kappa shape index (κ2) is 10.6. The maximum Gasteiger partial charge on any atom is 0.416 e. The molecule has 0 bridgehead atoms. The van der Waals surface area contributed by atoms with Gasteiger partial charge in [-0.1, -0.05) is 12.1 Å². The van der Waals surface area contributed by atoms with Crippen molar-refractivity contribution >= 4 is 11.6 Å². The second-order valence-corrected chi connectivity index (χ2v) is 9.79. The van der Waals surface area contributed by atoms with E-state index in [1.807, 2.05) is 7.05 Å². The molecule has 1 aromatic heterocycles. The summed E-state index contributed by atoms with van der Waals surface area (Å²) < 4.78 is 47.2. The number of likely N-dealkylation sites (tertiary alicyclic amines) is 1. The van der Waals surface area contributed by atoms with Gasteiger partial charge in [0, 0.05) is 44.1 Å². The molecule has 2 atom stereocenters. The summed E-state index contributed by atoms with van der Waals surface area (Å²) in [6.07, 6.45) is -0.683. The first-order valence-electron chi connectivity index (χ1n) is 12.3. The van der Waals surface area contributed by atoms with Gasteiger partial charge in [0.1, 0.15) is 0 Å². The SMILES string of the molecule is Cc1c(C(C)NC(=O)c2cn(C3CCOCC3)c(=O)cc2N[C@@H]2CCN(C)C2)cccc1C(F)(F)F. The van der Waals surface area contributed by atoms with Crippen molar-refractivity contribution < 1.29 is 22.7 Å². The van der Waals surface area contributed by atoms with Gasteiger partial charge in [-0.2, -0.15) is 13.2 Å². The second-order valence-electron chi connectivity index (χ2n) is 9.79. The lowest BCUT2D eigenvalue weighted by Crippen LogP contribution is -2.34. The molecule has 4 rings (SSSR count). The van der Waals surface area contributed by atoms with Crippen LogP contribution in [0.1, 0.15) is 65.3 Å². The van der Waals surface area contributed by atoms with Crippen molar-refractivity contribution in [1.82, 2.24) is 14.8 Å². The highest BCUT2D eigenvalue weighted by Crippen LogP contribution is 2.34. The van der Waals surface area contributed by atoms with E-state index in [0.29, 0.717) is 42.9 Å². The number of pyridine rings is 1. The van der Waals surface area contributed by atoms with Gasteiger partial charge in [-0.25, -0.2) is 0 Å². The summed E-state index contributed by atoms with van der Waals surface area (Å²) in [5.74, 6) is -0.450. The number of carbonyl (C=O) groups is 1. The Morgan fingerprint density at radius 1 is 1.19 bits per heavy atom. The Hall–Kier alpha value is -2.85. The molecule has 7 nitrogen and oxygen atoms in total. The van der Waals surface area contributed by atoms with E-state index in [9.17, 15) is 22.8 Å². The first-order valence-corrected chi connectivity index (χ1v) is 12.3. The number of carbonyl (C=O) groups excluding carboxylic acids is 1. The zero-order valence-electron chi connectivity index (χ0n) is 20.8. The minimum atomic E-state index is -4.48. The van der Waals surface area contributed by atoms with E-state index in [1.165, 1.54) is 19.1 Å². The monoisotopic (exact) mass is 506 g/mol. The van der Waals surface area contributed by atoms with E-state index in [2.05, 4.69) is 15.5 Å². The molecule has 2 aromatic rings. The molecular weight excluding hydrogens is 473 g/mol. The highest BCUT2D eigenvalue weighted by atomic mass is 19.4. The number of rotatable bonds is 6. The number of nitrogens with one attached hydrogen (secondary N) is 2. The predicted octanol–water partition coefficient (Wildman–Crippen LogP) is 4.13. The standard InChI is InChI=1S/C26H33F3N4O3/c1-16-20(5-4-6-22(16)26(27,28)29)17(2)30-25(35)21-15-33(19-8-11-36-12-9-19)24(34)13-23(21)31-18-7-10-32(3)14-18/h4-6,13,15,17-19,31H,7-12,14H2,1-3H3,(H,30,35)/t17?,18-/m1/s1. The summed E-state index contributed by atoms with van der Waals surface area (Å²) in [7, 11) is 2.01. The number of halogens is 3. The Labute approximate surface area is 208 Å². The first-order chi connectivity index (χ1) is 17.0. The summed E-state index contributed by atoms with van der Waals surface area (Å²) in [4.78, 5) is 28.7. The number of ether oxygens (including phenoxy) is 1. The van der Waals surface area contributed by atoms with Crippen molar-refractivity contribution in [2.75, 3.05) is 38.7 Å². The summed E-state index contributed by atoms with van der Waals surface area (Å²) in [6.45, 7) is 5.84. The largest absolute Gasteiger partial charge is 0.416 e. The molecular formula is C26H33F3N4O3. The van der Waals surface area contributed by atoms with E-state index in [4.69, 9.17) is 4.74 Å². The summed E-state index contributed by atoms with van der Waals surface area (Å²) >= 11 is 0. The summed E-state index contributed by atoms with van der Waals surface area (Å²) in [5.41, 5.74) is 0.289. The number of benzene rings is 1. The van der Waals surface area contributed by atoms with Crippen LogP contribution in [0.15, 0.2) is 35.3 Å². The number of likely N-dealkylation sites (N-methyl/N-ethyl adjacent to an activating group) is 1. The third-order valence-corrected chi connectivity index (χ3v) is 7.16. The van der Waals surface area contributed by atoms with Crippen molar-refractivity contribution in [3.8, 4) is 0 Å². The van der Waals surface area contributed by atoms with Gasteiger partial charge in [0.15, 0.2) is 0 Å². The fourth-order valence-corrected chi connectivity index (χ4v) is 5.15. The lowest BCUT2D eigenvalue weighted by Gasteiger charge is -2.26. The lowest BCUT2D eigenvalue weighted by molar-refractivity contribution is -0.138. The molecule has 36 heavy (non-hydrogen) atoms. The Bertz CT molecular complexity index is 1160. The number of anilines is 1. The third kappa shape index (κ3) is 5.75. The van der Waals surface area contributed by atoms with Crippen LogP contribution in [0.3, 0.4) is 0 Å². The Kier molecular flexibility index (Phi) is 7.75. The molecule has 0 spiro atoms. The number of alkyl halides is 3. The Morgan fingerprint density at radius 3 is 2.56 bits per heavy atom. The van der Waals surface area contributed by atoms with Gasteiger partial charge in [0.05, 0.1) is 22.9 Å². The van der Waals surface area contributed by atoms with Gasteiger partial charge in [-0.05, 0) is 63.9 Å². The molecule has 3 heterocycles. The van der Waals surface area contributed by atoms with Crippen LogP contribution in [0, 0.1) is 6.92 Å². The van der Waals surface area contributed by atoms with E-state index in [-0.39, 0.29) is 23.2 Å². The quantitative estimate of drug-likeness (QED) is 0.616. The summed E-state index contributed by atoms with van der Waals surface area (Å²) in [6, 6.07) is 4.78. The Balaban J connectivity index is 1.65. The van der Waals surface area contributed by atoms with E-state index >= 15 is 0 Å². The predicted molar refractivity (Wildman–Crippen MR) is 131 cm³/mol. The molecule has 0 aliphatic carbocycles. The van der Waals surface area contributed by atoms with Crippen LogP contribution in [0.2, 0.25) is 0 Å². The molecule has 2 saturated heterocycles. The molecule has 2 N–H and O–H groups in total. The minimum Gasteiger partial charge on any atom is -0.381 e.